The van der Waals surface area contributed by atoms with Crippen LogP contribution in [0.5, 0.6) is 0 Å². The molecule has 2 aromatic carbocycles. The summed E-state index contributed by atoms with van der Waals surface area (Å²) in [5.74, 6) is 0. The van der Waals surface area contributed by atoms with Gasteiger partial charge in [-0.3, -0.25) is 10.1 Å². The first-order valence-corrected chi connectivity index (χ1v) is 7.49. The highest BCUT2D eigenvalue weighted by Crippen LogP contribution is 2.27. The highest BCUT2D eigenvalue weighted by Gasteiger charge is 2.09. The number of nitrogens with one attached hydrogen (secondary N) is 1. The van der Waals surface area contributed by atoms with Gasteiger partial charge in [0.2, 0.25) is 0 Å². The lowest BCUT2D eigenvalue weighted by atomic mass is 10.2. The summed E-state index contributed by atoms with van der Waals surface area (Å²) in [4.78, 5) is 10.3. The van der Waals surface area contributed by atoms with Crippen LogP contribution >= 0.6 is 31.9 Å². The molecule has 0 bridgehead atoms. The molecule has 20 heavy (non-hydrogen) atoms. The molecule has 0 radical (unpaired) electrons. The molecule has 6 heteroatoms. The molecule has 0 fully saturated rings. The van der Waals surface area contributed by atoms with Crippen molar-refractivity contribution in [2.45, 2.75) is 13.5 Å². The van der Waals surface area contributed by atoms with E-state index in [9.17, 15) is 10.1 Å². The van der Waals surface area contributed by atoms with E-state index in [1.807, 2.05) is 25.1 Å². The van der Waals surface area contributed by atoms with Gasteiger partial charge in [0.1, 0.15) is 0 Å². The molecule has 1 N–H and O–H groups in total. The van der Waals surface area contributed by atoms with Gasteiger partial charge in [0.15, 0.2) is 0 Å². The Balaban J connectivity index is 2.13. The molecular formula is C14H12Br2N2O2. The molecule has 0 unspecified atom stereocenters. The maximum atomic E-state index is 10.7. The van der Waals surface area contributed by atoms with E-state index in [1.54, 1.807) is 6.07 Å². The van der Waals surface area contributed by atoms with Crippen LogP contribution < -0.4 is 5.32 Å². The van der Waals surface area contributed by atoms with Crippen molar-refractivity contribution in [3.05, 3.63) is 66.6 Å². The average Bonchev–Trinajstić information content (AvgIpc) is 2.38. The standard InChI is InChI=1S/C14H12Br2N2O2/c1-9-2-5-14(13(16)6-9)17-8-10-3-4-11(18(19)20)7-12(10)15/h2-7,17H,8H2,1H3. The Kier molecular flexibility index (Phi) is 4.77. The van der Waals surface area contributed by atoms with Crippen LogP contribution in [0, 0.1) is 17.0 Å². The summed E-state index contributed by atoms with van der Waals surface area (Å²) in [6.07, 6.45) is 0. The van der Waals surface area contributed by atoms with E-state index in [2.05, 4.69) is 37.2 Å². The smallest absolute Gasteiger partial charge is 0.270 e. The normalized spacial score (nSPS) is 10.3. The molecule has 0 aliphatic carbocycles. The maximum absolute atomic E-state index is 10.7. The minimum absolute atomic E-state index is 0.0807. The van der Waals surface area contributed by atoms with E-state index >= 15 is 0 Å². The lowest BCUT2D eigenvalue weighted by Crippen LogP contribution is -2.01. The second kappa shape index (κ2) is 6.37. The fourth-order valence-electron chi connectivity index (χ4n) is 1.75. The van der Waals surface area contributed by atoms with E-state index in [-0.39, 0.29) is 5.69 Å². The fourth-order valence-corrected chi connectivity index (χ4v) is 2.89. The first kappa shape index (κ1) is 15.0. The number of nitro groups is 1. The van der Waals surface area contributed by atoms with Crippen LogP contribution in [0.1, 0.15) is 11.1 Å². The van der Waals surface area contributed by atoms with Crippen molar-refractivity contribution in [1.82, 2.24) is 0 Å². The van der Waals surface area contributed by atoms with E-state index in [0.29, 0.717) is 6.54 Å². The molecule has 0 spiro atoms. The quantitative estimate of drug-likeness (QED) is 0.578. The SMILES string of the molecule is Cc1ccc(NCc2ccc([N+](=O)[O-])cc2Br)c(Br)c1. The number of benzene rings is 2. The van der Waals surface area contributed by atoms with Crippen molar-refractivity contribution >= 4 is 43.2 Å². The molecule has 0 aromatic heterocycles. The maximum Gasteiger partial charge on any atom is 0.270 e. The van der Waals surface area contributed by atoms with Gasteiger partial charge in [0, 0.05) is 33.3 Å². The molecule has 0 amide bonds. The number of halogens is 2. The van der Waals surface area contributed by atoms with E-state index in [0.717, 1.165) is 20.2 Å². The van der Waals surface area contributed by atoms with Crippen molar-refractivity contribution in [1.29, 1.82) is 0 Å². The van der Waals surface area contributed by atoms with E-state index < -0.39 is 4.92 Å². The summed E-state index contributed by atoms with van der Waals surface area (Å²) in [5.41, 5.74) is 3.21. The van der Waals surface area contributed by atoms with Gasteiger partial charge in [-0.1, -0.05) is 22.0 Å². The molecule has 2 aromatic rings. The molecule has 0 atom stereocenters. The van der Waals surface area contributed by atoms with Gasteiger partial charge in [-0.05, 0) is 52.2 Å². The summed E-state index contributed by atoms with van der Waals surface area (Å²) in [5, 5.41) is 14.0. The van der Waals surface area contributed by atoms with Crippen LogP contribution in [-0.2, 0) is 6.54 Å². The molecule has 0 saturated carbocycles. The Labute approximate surface area is 133 Å². The van der Waals surface area contributed by atoms with Gasteiger partial charge in [0.25, 0.3) is 5.69 Å². The topological polar surface area (TPSA) is 55.2 Å². The average molecular weight is 400 g/mol. The molecule has 0 saturated heterocycles. The van der Waals surface area contributed by atoms with E-state index in [4.69, 9.17) is 0 Å². The molecule has 0 aliphatic heterocycles. The van der Waals surface area contributed by atoms with Gasteiger partial charge in [-0.15, -0.1) is 0 Å². The number of nitrogens with zero attached hydrogens (tertiary/aromatic N) is 1. The third-order valence-corrected chi connectivity index (χ3v) is 4.24. The minimum atomic E-state index is -0.404. The Morgan fingerprint density at radius 3 is 2.50 bits per heavy atom. The second-order valence-electron chi connectivity index (χ2n) is 4.37. The monoisotopic (exact) mass is 398 g/mol. The van der Waals surface area contributed by atoms with Crippen LogP contribution in [0.15, 0.2) is 45.3 Å². The van der Waals surface area contributed by atoms with Crippen molar-refractivity contribution in [2.24, 2.45) is 0 Å². The molecule has 0 heterocycles. The van der Waals surface area contributed by atoms with Gasteiger partial charge in [-0.25, -0.2) is 0 Å². The van der Waals surface area contributed by atoms with Crippen LogP contribution in [0.3, 0.4) is 0 Å². The predicted molar refractivity (Wildman–Crippen MR) is 87.0 cm³/mol. The van der Waals surface area contributed by atoms with Crippen molar-refractivity contribution in [2.75, 3.05) is 5.32 Å². The van der Waals surface area contributed by atoms with Crippen molar-refractivity contribution < 1.29 is 4.92 Å². The lowest BCUT2D eigenvalue weighted by Gasteiger charge is -2.10. The lowest BCUT2D eigenvalue weighted by molar-refractivity contribution is -0.384. The molecule has 4 nitrogen and oxygen atoms in total. The predicted octanol–water partition coefficient (Wildman–Crippen LogP) is 5.04. The highest BCUT2D eigenvalue weighted by atomic mass is 79.9. The first-order valence-electron chi connectivity index (χ1n) is 5.90. The number of rotatable bonds is 4. The largest absolute Gasteiger partial charge is 0.380 e. The summed E-state index contributed by atoms with van der Waals surface area (Å²) in [7, 11) is 0. The van der Waals surface area contributed by atoms with Crippen LogP contribution in [0.2, 0.25) is 0 Å². The van der Waals surface area contributed by atoms with Crippen LogP contribution in [0.25, 0.3) is 0 Å². The zero-order chi connectivity index (χ0) is 14.7. The zero-order valence-electron chi connectivity index (χ0n) is 10.7. The van der Waals surface area contributed by atoms with Gasteiger partial charge in [0.05, 0.1) is 4.92 Å². The molecule has 2 rings (SSSR count). The zero-order valence-corrected chi connectivity index (χ0v) is 13.9. The Hall–Kier alpha value is -1.40. The second-order valence-corrected chi connectivity index (χ2v) is 6.08. The number of hydrogen-bond donors (Lipinski definition) is 1. The first-order chi connectivity index (χ1) is 9.47. The number of anilines is 1. The molecule has 0 aliphatic rings. The Bertz CT molecular complexity index is 660. The minimum Gasteiger partial charge on any atom is -0.380 e. The van der Waals surface area contributed by atoms with Crippen LogP contribution in [-0.4, -0.2) is 4.92 Å². The summed E-state index contributed by atoms with van der Waals surface area (Å²) in [6, 6.07) is 10.8. The Morgan fingerprint density at radius 2 is 1.90 bits per heavy atom. The number of hydrogen-bond acceptors (Lipinski definition) is 3. The third-order valence-electron chi connectivity index (χ3n) is 2.84. The summed E-state index contributed by atoms with van der Waals surface area (Å²) >= 11 is 6.87. The highest BCUT2D eigenvalue weighted by molar-refractivity contribution is 9.11. The molecular weight excluding hydrogens is 388 g/mol. The summed E-state index contributed by atoms with van der Waals surface area (Å²) in [6.45, 7) is 2.61. The molecule has 104 valence electrons. The van der Waals surface area contributed by atoms with Crippen molar-refractivity contribution in [3.63, 3.8) is 0 Å². The van der Waals surface area contributed by atoms with Crippen LogP contribution in [0.4, 0.5) is 11.4 Å². The van der Waals surface area contributed by atoms with E-state index in [1.165, 1.54) is 17.7 Å². The third kappa shape index (κ3) is 3.58. The van der Waals surface area contributed by atoms with Gasteiger partial charge < -0.3 is 5.32 Å². The number of nitro benzene ring substituents is 1. The number of aryl methyl sites for hydroxylation is 1. The Morgan fingerprint density at radius 1 is 1.15 bits per heavy atom. The van der Waals surface area contributed by atoms with Crippen molar-refractivity contribution in [3.8, 4) is 0 Å². The summed E-state index contributed by atoms with van der Waals surface area (Å²) < 4.78 is 1.72. The van der Waals surface area contributed by atoms with Gasteiger partial charge in [-0.2, -0.15) is 0 Å². The number of non-ortho nitro benzene ring substituents is 1. The fraction of sp³-hybridized carbons (Fsp3) is 0.143. The van der Waals surface area contributed by atoms with Gasteiger partial charge >= 0.3 is 0 Å².